The number of hydrogen-bond acceptors (Lipinski definition) is 6. The zero-order valence-electron chi connectivity index (χ0n) is 16.2. The maximum Gasteiger partial charge on any atom is 0.307 e. The van der Waals surface area contributed by atoms with Gasteiger partial charge in [0, 0.05) is 17.5 Å². The van der Waals surface area contributed by atoms with Crippen LogP contribution >= 0.6 is 11.3 Å². The van der Waals surface area contributed by atoms with Crippen molar-refractivity contribution in [1.82, 2.24) is 9.88 Å². The van der Waals surface area contributed by atoms with E-state index in [1.807, 2.05) is 48.7 Å². The van der Waals surface area contributed by atoms with E-state index in [0.717, 1.165) is 10.6 Å². The van der Waals surface area contributed by atoms with E-state index >= 15 is 0 Å². The molecule has 1 aromatic carbocycles. The molecular weight excluding hydrogens is 388 g/mol. The number of likely N-dealkylation sites (tertiary alicyclic amines) is 1. The number of ether oxygens (including phenoxy) is 1. The van der Waals surface area contributed by atoms with Gasteiger partial charge in [-0.25, -0.2) is 4.98 Å². The smallest absolute Gasteiger partial charge is 0.307 e. The molecule has 7 heteroatoms. The van der Waals surface area contributed by atoms with Gasteiger partial charge in [-0.15, -0.1) is 11.3 Å². The van der Waals surface area contributed by atoms with Crippen molar-refractivity contribution in [2.45, 2.75) is 32.8 Å². The second-order valence-corrected chi connectivity index (χ2v) is 8.26. The van der Waals surface area contributed by atoms with Crippen molar-refractivity contribution < 1.29 is 19.1 Å². The van der Waals surface area contributed by atoms with Crippen molar-refractivity contribution in [3.8, 4) is 10.6 Å². The van der Waals surface area contributed by atoms with Gasteiger partial charge in [-0.05, 0) is 19.8 Å². The Labute approximate surface area is 173 Å². The van der Waals surface area contributed by atoms with Crippen LogP contribution in [0, 0.1) is 18.8 Å². The van der Waals surface area contributed by atoms with E-state index in [0.29, 0.717) is 18.5 Å². The molecule has 1 fully saturated rings. The fourth-order valence-corrected chi connectivity index (χ4v) is 4.53. The van der Waals surface area contributed by atoms with Gasteiger partial charge in [0.15, 0.2) is 0 Å². The lowest BCUT2D eigenvalue weighted by Crippen LogP contribution is -2.33. The number of rotatable bonds is 6. The van der Waals surface area contributed by atoms with Gasteiger partial charge in [-0.2, -0.15) is 0 Å². The van der Waals surface area contributed by atoms with Crippen molar-refractivity contribution >= 4 is 29.1 Å². The van der Waals surface area contributed by atoms with Gasteiger partial charge in [-0.3, -0.25) is 19.3 Å². The SMILES string of the molecule is Cc1ccc(-c2nc(COC(=O)CCN3C(=O)[C@H]4CC=CC[C@@H]4C3=O)cs2)cc1. The average molecular weight is 410 g/mol. The second kappa shape index (κ2) is 8.29. The molecule has 2 amide bonds. The molecule has 1 saturated heterocycles. The number of hydrogen-bond donors (Lipinski definition) is 0. The molecule has 2 heterocycles. The Morgan fingerprint density at radius 2 is 1.79 bits per heavy atom. The summed E-state index contributed by atoms with van der Waals surface area (Å²) in [6.07, 6.45) is 5.09. The maximum atomic E-state index is 12.4. The molecule has 29 heavy (non-hydrogen) atoms. The average Bonchev–Trinajstić information content (AvgIpc) is 3.30. The molecule has 150 valence electrons. The Bertz CT molecular complexity index is 937. The molecule has 2 atom stereocenters. The summed E-state index contributed by atoms with van der Waals surface area (Å²) in [7, 11) is 0. The van der Waals surface area contributed by atoms with E-state index in [1.165, 1.54) is 21.8 Å². The molecule has 1 aliphatic heterocycles. The number of esters is 1. The molecule has 2 aromatic rings. The molecule has 0 unspecified atom stereocenters. The van der Waals surface area contributed by atoms with Gasteiger partial charge < -0.3 is 4.74 Å². The minimum Gasteiger partial charge on any atom is -0.459 e. The molecule has 0 saturated carbocycles. The largest absolute Gasteiger partial charge is 0.459 e. The normalized spacial score (nSPS) is 20.8. The number of allylic oxidation sites excluding steroid dienone is 2. The summed E-state index contributed by atoms with van der Waals surface area (Å²) < 4.78 is 5.29. The first-order valence-electron chi connectivity index (χ1n) is 9.70. The van der Waals surface area contributed by atoms with Crippen LogP contribution in [0.15, 0.2) is 41.8 Å². The number of aryl methyl sites for hydroxylation is 1. The number of carbonyl (C=O) groups excluding carboxylic acids is 3. The first-order valence-corrected chi connectivity index (χ1v) is 10.6. The van der Waals surface area contributed by atoms with Gasteiger partial charge in [-0.1, -0.05) is 42.0 Å². The summed E-state index contributed by atoms with van der Waals surface area (Å²) in [6, 6.07) is 8.09. The van der Waals surface area contributed by atoms with Gasteiger partial charge in [0.2, 0.25) is 11.8 Å². The van der Waals surface area contributed by atoms with Crippen LogP contribution in [0.5, 0.6) is 0 Å². The lowest BCUT2D eigenvalue weighted by atomic mass is 9.85. The molecule has 0 bridgehead atoms. The summed E-state index contributed by atoms with van der Waals surface area (Å²) in [5.74, 6) is -1.31. The van der Waals surface area contributed by atoms with Gasteiger partial charge >= 0.3 is 5.97 Å². The predicted octanol–water partition coefficient (Wildman–Crippen LogP) is 3.50. The number of benzene rings is 1. The van der Waals surface area contributed by atoms with Crippen molar-refractivity contribution in [3.63, 3.8) is 0 Å². The molecule has 4 rings (SSSR count). The molecule has 2 aliphatic rings. The number of thiazole rings is 1. The molecular formula is C22H22N2O4S. The fourth-order valence-electron chi connectivity index (χ4n) is 3.72. The van der Waals surface area contributed by atoms with Gasteiger partial charge in [0.25, 0.3) is 0 Å². The zero-order chi connectivity index (χ0) is 20.4. The summed E-state index contributed by atoms with van der Waals surface area (Å²) in [6.45, 7) is 2.19. The highest BCUT2D eigenvalue weighted by Gasteiger charge is 2.46. The molecule has 1 aliphatic carbocycles. The first kappa shape index (κ1) is 19.5. The number of nitrogens with zero attached hydrogens (tertiary/aromatic N) is 2. The lowest BCUT2D eigenvalue weighted by Gasteiger charge is -2.14. The van der Waals surface area contributed by atoms with E-state index < -0.39 is 5.97 Å². The van der Waals surface area contributed by atoms with Crippen LogP contribution in [0.3, 0.4) is 0 Å². The number of carbonyl (C=O) groups is 3. The third-order valence-electron chi connectivity index (χ3n) is 5.37. The Balaban J connectivity index is 1.27. The van der Waals surface area contributed by atoms with Crippen LogP contribution in [-0.4, -0.2) is 34.2 Å². The van der Waals surface area contributed by atoms with E-state index in [1.54, 1.807) is 0 Å². The quantitative estimate of drug-likeness (QED) is 0.414. The summed E-state index contributed by atoms with van der Waals surface area (Å²) in [5.41, 5.74) is 2.90. The fraction of sp³-hybridized carbons (Fsp3) is 0.364. The second-order valence-electron chi connectivity index (χ2n) is 7.40. The first-order chi connectivity index (χ1) is 14.0. The lowest BCUT2D eigenvalue weighted by molar-refractivity contribution is -0.146. The maximum absolute atomic E-state index is 12.4. The van der Waals surface area contributed by atoms with Crippen LogP contribution < -0.4 is 0 Å². The highest BCUT2D eigenvalue weighted by molar-refractivity contribution is 7.13. The Morgan fingerprint density at radius 3 is 2.45 bits per heavy atom. The van der Waals surface area contributed by atoms with Crippen molar-refractivity contribution in [1.29, 1.82) is 0 Å². The van der Waals surface area contributed by atoms with Crippen LogP contribution in [0.25, 0.3) is 10.6 Å². The van der Waals surface area contributed by atoms with Crippen LogP contribution in [0.4, 0.5) is 0 Å². The molecule has 0 spiro atoms. The Hall–Kier alpha value is -2.80. The minimum absolute atomic E-state index is 0.000690. The van der Waals surface area contributed by atoms with E-state index in [-0.39, 0.29) is 43.2 Å². The van der Waals surface area contributed by atoms with Crippen molar-refractivity contribution in [2.75, 3.05) is 6.54 Å². The topological polar surface area (TPSA) is 76.6 Å². The Kier molecular flexibility index (Phi) is 5.58. The highest BCUT2D eigenvalue weighted by Crippen LogP contribution is 2.35. The van der Waals surface area contributed by atoms with Crippen molar-refractivity contribution in [2.24, 2.45) is 11.8 Å². The minimum atomic E-state index is -0.441. The number of fused-ring (bicyclic) bond motifs is 1. The number of aromatic nitrogens is 1. The van der Waals surface area contributed by atoms with Crippen LogP contribution in [0.1, 0.15) is 30.5 Å². The van der Waals surface area contributed by atoms with Crippen molar-refractivity contribution in [3.05, 3.63) is 53.1 Å². The van der Waals surface area contributed by atoms with Gasteiger partial charge in [0.05, 0.1) is 24.0 Å². The molecule has 1 aromatic heterocycles. The predicted molar refractivity (Wildman–Crippen MR) is 109 cm³/mol. The van der Waals surface area contributed by atoms with E-state index in [9.17, 15) is 14.4 Å². The molecule has 0 radical (unpaired) electrons. The summed E-state index contributed by atoms with van der Waals surface area (Å²) >= 11 is 1.50. The zero-order valence-corrected chi connectivity index (χ0v) is 17.0. The summed E-state index contributed by atoms with van der Waals surface area (Å²) in [4.78, 5) is 42.7. The molecule has 6 nitrogen and oxygen atoms in total. The van der Waals surface area contributed by atoms with Crippen LogP contribution in [-0.2, 0) is 25.7 Å². The third-order valence-corrected chi connectivity index (χ3v) is 6.31. The number of amides is 2. The standard InChI is InChI=1S/C22H22N2O4S/c1-14-6-8-15(9-7-14)20-23-16(13-29-20)12-28-19(25)10-11-24-21(26)17-4-2-3-5-18(17)22(24)27/h2-3,6-9,13,17-18H,4-5,10-12H2,1H3/t17-,18-/m0/s1. The van der Waals surface area contributed by atoms with E-state index in [2.05, 4.69) is 4.98 Å². The van der Waals surface area contributed by atoms with Crippen LogP contribution in [0.2, 0.25) is 0 Å². The van der Waals surface area contributed by atoms with Gasteiger partial charge in [0.1, 0.15) is 11.6 Å². The summed E-state index contributed by atoms with van der Waals surface area (Å²) in [5, 5.41) is 2.74. The molecule has 0 N–H and O–H groups in total. The third kappa shape index (κ3) is 4.15. The monoisotopic (exact) mass is 410 g/mol. The van der Waals surface area contributed by atoms with E-state index in [4.69, 9.17) is 4.74 Å². The highest BCUT2D eigenvalue weighted by atomic mass is 32.1. The Morgan fingerprint density at radius 1 is 1.14 bits per heavy atom. The number of imide groups is 1.